The molecule has 1 aromatic rings. The number of benzene rings is 1. The Morgan fingerprint density at radius 3 is 2.79 bits per heavy atom. The Morgan fingerprint density at radius 2 is 2.16 bits per heavy atom. The largest absolute Gasteiger partial charge is 0.396 e. The number of rotatable bonds is 2. The number of anilines is 1. The number of sulfonamides is 1. The van der Waals surface area contributed by atoms with Gasteiger partial charge in [0, 0.05) is 13.1 Å². The summed E-state index contributed by atoms with van der Waals surface area (Å²) in [7, 11) is -3.66. The van der Waals surface area contributed by atoms with Gasteiger partial charge in [-0.1, -0.05) is 0 Å². The molecule has 7 heteroatoms. The van der Waals surface area contributed by atoms with Gasteiger partial charge >= 0.3 is 0 Å². The van der Waals surface area contributed by atoms with Gasteiger partial charge in [0.1, 0.15) is 5.82 Å². The highest BCUT2D eigenvalue weighted by Gasteiger charge is 2.30. The summed E-state index contributed by atoms with van der Waals surface area (Å²) < 4.78 is 45.0. The van der Waals surface area contributed by atoms with E-state index in [1.165, 1.54) is 10.4 Å². The summed E-state index contributed by atoms with van der Waals surface area (Å²) in [6, 6.07) is 2.33. The van der Waals surface area contributed by atoms with Crippen LogP contribution in [-0.4, -0.2) is 38.5 Å². The zero-order valence-corrected chi connectivity index (χ0v) is 11.7. The number of hydrogen-bond acceptors (Lipinski definition) is 4. The first-order valence-electron chi connectivity index (χ1n) is 5.99. The molecule has 0 radical (unpaired) electrons. The molecular weight excluding hydrogens is 271 g/mol. The molecule has 0 aromatic heterocycles. The number of morpholine rings is 1. The third kappa shape index (κ3) is 2.72. The minimum atomic E-state index is -3.66. The lowest BCUT2D eigenvalue weighted by Gasteiger charge is -2.30. The summed E-state index contributed by atoms with van der Waals surface area (Å²) >= 11 is 0. The summed E-state index contributed by atoms with van der Waals surface area (Å²) in [5, 5.41) is 0. The molecule has 0 aliphatic carbocycles. The Kier molecular flexibility index (Phi) is 3.80. The Labute approximate surface area is 112 Å². The summed E-state index contributed by atoms with van der Waals surface area (Å²) in [6.07, 6.45) is -0.151. The molecule has 1 unspecified atom stereocenters. The van der Waals surface area contributed by atoms with Gasteiger partial charge in [-0.15, -0.1) is 0 Å². The molecule has 1 atom stereocenters. The fourth-order valence-corrected chi connectivity index (χ4v) is 3.83. The van der Waals surface area contributed by atoms with Gasteiger partial charge in [0.25, 0.3) is 0 Å². The van der Waals surface area contributed by atoms with Crippen molar-refractivity contribution in [2.45, 2.75) is 24.8 Å². The van der Waals surface area contributed by atoms with Crippen LogP contribution in [0, 0.1) is 12.7 Å². The number of nitrogen functional groups attached to an aromatic ring is 1. The van der Waals surface area contributed by atoms with Crippen LogP contribution in [0.5, 0.6) is 0 Å². The van der Waals surface area contributed by atoms with Crippen LogP contribution in [0.3, 0.4) is 0 Å². The van der Waals surface area contributed by atoms with E-state index in [0.29, 0.717) is 25.3 Å². The lowest BCUT2D eigenvalue weighted by Crippen LogP contribution is -2.44. The molecule has 0 amide bonds. The first-order chi connectivity index (χ1) is 8.82. The molecule has 19 heavy (non-hydrogen) atoms. The quantitative estimate of drug-likeness (QED) is 0.828. The van der Waals surface area contributed by atoms with Crippen LogP contribution in [0.15, 0.2) is 17.0 Å². The van der Waals surface area contributed by atoms with Crippen molar-refractivity contribution in [3.05, 3.63) is 23.5 Å². The first-order valence-corrected chi connectivity index (χ1v) is 7.43. The minimum Gasteiger partial charge on any atom is -0.396 e. The highest BCUT2D eigenvalue weighted by atomic mass is 32.2. The third-order valence-corrected chi connectivity index (χ3v) is 5.12. The van der Waals surface area contributed by atoms with Crippen LogP contribution >= 0.6 is 0 Å². The molecule has 1 saturated heterocycles. The van der Waals surface area contributed by atoms with Gasteiger partial charge in [-0.25, -0.2) is 12.8 Å². The SMILES string of the molecule is Cc1cc(F)c(N)cc1S(=O)(=O)N1CCOC(C)C1. The van der Waals surface area contributed by atoms with Crippen LogP contribution in [0.4, 0.5) is 10.1 Å². The average Bonchev–Trinajstić information content (AvgIpc) is 2.33. The van der Waals surface area contributed by atoms with Crippen molar-refractivity contribution in [3.8, 4) is 0 Å². The van der Waals surface area contributed by atoms with Gasteiger partial charge in [0.2, 0.25) is 10.0 Å². The smallest absolute Gasteiger partial charge is 0.243 e. The molecule has 5 nitrogen and oxygen atoms in total. The van der Waals surface area contributed by atoms with E-state index in [4.69, 9.17) is 10.5 Å². The second kappa shape index (κ2) is 5.07. The Bertz CT molecular complexity index is 589. The van der Waals surface area contributed by atoms with Crippen molar-refractivity contribution in [1.82, 2.24) is 4.31 Å². The molecule has 1 heterocycles. The molecule has 2 N–H and O–H groups in total. The van der Waals surface area contributed by atoms with E-state index in [2.05, 4.69) is 0 Å². The Morgan fingerprint density at radius 1 is 1.47 bits per heavy atom. The molecule has 1 aliphatic heterocycles. The Balaban J connectivity index is 2.42. The fraction of sp³-hybridized carbons (Fsp3) is 0.500. The third-order valence-electron chi connectivity index (χ3n) is 3.12. The van der Waals surface area contributed by atoms with E-state index in [9.17, 15) is 12.8 Å². The van der Waals surface area contributed by atoms with Gasteiger partial charge in [-0.05, 0) is 31.5 Å². The van der Waals surface area contributed by atoms with Crippen molar-refractivity contribution in [2.75, 3.05) is 25.4 Å². The fourth-order valence-electron chi connectivity index (χ4n) is 2.09. The lowest BCUT2D eigenvalue weighted by atomic mass is 10.2. The molecule has 0 saturated carbocycles. The average molecular weight is 288 g/mol. The predicted octanol–water partition coefficient (Wildman–Crippen LogP) is 1.13. The number of nitrogens with two attached hydrogens (primary N) is 1. The second-order valence-corrected chi connectivity index (χ2v) is 6.59. The standard InChI is InChI=1S/C12H17FN2O3S/c1-8-5-10(13)11(14)6-12(8)19(16,17)15-3-4-18-9(2)7-15/h5-6,9H,3-4,7,14H2,1-2H3. The van der Waals surface area contributed by atoms with Crippen LogP contribution in [0.25, 0.3) is 0 Å². The monoisotopic (exact) mass is 288 g/mol. The number of halogens is 1. The van der Waals surface area contributed by atoms with Crippen molar-refractivity contribution >= 4 is 15.7 Å². The summed E-state index contributed by atoms with van der Waals surface area (Å²) in [5.74, 6) is -0.605. The van der Waals surface area contributed by atoms with Crippen LogP contribution < -0.4 is 5.73 Å². The van der Waals surface area contributed by atoms with Gasteiger partial charge in [0.15, 0.2) is 0 Å². The first kappa shape index (κ1) is 14.2. The van der Waals surface area contributed by atoms with Crippen molar-refractivity contribution in [1.29, 1.82) is 0 Å². The van der Waals surface area contributed by atoms with E-state index < -0.39 is 15.8 Å². The van der Waals surface area contributed by atoms with Gasteiger partial charge in [0.05, 0.1) is 23.3 Å². The second-order valence-electron chi connectivity index (χ2n) is 4.68. The molecule has 1 aromatic carbocycles. The zero-order chi connectivity index (χ0) is 14.2. The van der Waals surface area contributed by atoms with Crippen molar-refractivity contribution in [3.63, 3.8) is 0 Å². The van der Waals surface area contributed by atoms with Gasteiger partial charge in [-0.2, -0.15) is 4.31 Å². The van der Waals surface area contributed by atoms with Crippen LogP contribution in [0.2, 0.25) is 0 Å². The molecule has 1 fully saturated rings. The van der Waals surface area contributed by atoms with Crippen molar-refractivity contribution < 1.29 is 17.5 Å². The molecule has 1 aliphatic rings. The molecule has 2 rings (SSSR count). The maximum Gasteiger partial charge on any atom is 0.243 e. The number of ether oxygens (including phenoxy) is 1. The highest BCUT2D eigenvalue weighted by Crippen LogP contribution is 2.25. The molecule has 106 valence electrons. The van der Waals surface area contributed by atoms with E-state index in [1.54, 1.807) is 6.92 Å². The van der Waals surface area contributed by atoms with E-state index >= 15 is 0 Å². The van der Waals surface area contributed by atoms with E-state index in [-0.39, 0.29) is 16.7 Å². The Hall–Kier alpha value is -1.18. The molecule has 0 bridgehead atoms. The normalized spacial score (nSPS) is 21.5. The predicted molar refractivity (Wildman–Crippen MR) is 69.7 cm³/mol. The van der Waals surface area contributed by atoms with E-state index in [0.717, 1.165) is 6.07 Å². The molecular formula is C12H17FN2O3S. The van der Waals surface area contributed by atoms with Gasteiger partial charge in [-0.3, -0.25) is 0 Å². The van der Waals surface area contributed by atoms with Crippen LogP contribution in [0.1, 0.15) is 12.5 Å². The maximum absolute atomic E-state index is 13.3. The van der Waals surface area contributed by atoms with Crippen LogP contribution in [-0.2, 0) is 14.8 Å². The van der Waals surface area contributed by atoms with Crippen molar-refractivity contribution in [2.24, 2.45) is 0 Å². The number of hydrogen-bond donors (Lipinski definition) is 1. The highest BCUT2D eigenvalue weighted by molar-refractivity contribution is 7.89. The van der Waals surface area contributed by atoms with E-state index in [1.807, 2.05) is 6.92 Å². The zero-order valence-electron chi connectivity index (χ0n) is 10.9. The number of aryl methyl sites for hydroxylation is 1. The summed E-state index contributed by atoms with van der Waals surface area (Å²) in [4.78, 5) is 0.0560. The molecule has 0 spiro atoms. The van der Waals surface area contributed by atoms with Gasteiger partial charge < -0.3 is 10.5 Å². The summed E-state index contributed by atoms with van der Waals surface area (Å²) in [5.41, 5.74) is 5.65. The number of nitrogens with zero attached hydrogens (tertiary/aromatic N) is 1. The maximum atomic E-state index is 13.3. The minimum absolute atomic E-state index is 0.0560. The summed E-state index contributed by atoms with van der Waals surface area (Å²) in [6.45, 7) is 4.31. The lowest BCUT2D eigenvalue weighted by molar-refractivity contribution is 0.0102. The topological polar surface area (TPSA) is 72.6 Å².